The summed E-state index contributed by atoms with van der Waals surface area (Å²) in [6.07, 6.45) is -4.22. The van der Waals surface area contributed by atoms with Crippen LogP contribution < -0.4 is 4.74 Å². The van der Waals surface area contributed by atoms with E-state index in [4.69, 9.17) is 0 Å². The molecule has 0 N–H and O–H groups in total. The Balaban J connectivity index is 2.91. The molecule has 0 aromatic heterocycles. The van der Waals surface area contributed by atoms with Gasteiger partial charge in [-0.05, 0) is 26.0 Å². The normalized spacial score (nSPS) is 11.0. The van der Waals surface area contributed by atoms with Gasteiger partial charge in [-0.25, -0.2) is 9.18 Å². The standard InChI is InChI=1S/C12H11F3O4/c1-3-18-11(17)12(14,15)19-8-4-5-9(7(2)16)10(13)6-8/h4-6H,3H2,1-2H3. The van der Waals surface area contributed by atoms with Gasteiger partial charge in [-0.3, -0.25) is 4.79 Å². The van der Waals surface area contributed by atoms with Gasteiger partial charge < -0.3 is 9.47 Å². The van der Waals surface area contributed by atoms with Crippen molar-refractivity contribution in [2.24, 2.45) is 0 Å². The van der Waals surface area contributed by atoms with E-state index in [-0.39, 0.29) is 12.2 Å². The Morgan fingerprint density at radius 3 is 2.42 bits per heavy atom. The van der Waals surface area contributed by atoms with Crippen molar-refractivity contribution in [3.05, 3.63) is 29.6 Å². The van der Waals surface area contributed by atoms with Gasteiger partial charge in [0.05, 0.1) is 12.2 Å². The summed E-state index contributed by atoms with van der Waals surface area (Å²) in [5.41, 5.74) is -0.258. The Labute approximate surface area is 107 Å². The van der Waals surface area contributed by atoms with E-state index in [1.165, 1.54) is 6.92 Å². The van der Waals surface area contributed by atoms with Crippen LogP contribution in [0.3, 0.4) is 0 Å². The highest BCUT2D eigenvalue weighted by Crippen LogP contribution is 2.25. The summed E-state index contributed by atoms with van der Waals surface area (Å²) >= 11 is 0. The molecule has 0 aliphatic heterocycles. The molecule has 0 fully saturated rings. The number of benzene rings is 1. The van der Waals surface area contributed by atoms with Crippen LogP contribution in [0.5, 0.6) is 5.75 Å². The zero-order chi connectivity index (χ0) is 14.6. The SMILES string of the molecule is CCOC(=O)C(F)(F)Oc1ccc(C(C)=O)c(F)c1. The zero-order valence-corrected chi connectivity index (χ0v) is 10.2. The van der Waals surface area contributed by atoms with Gasteiger partial charge in [0.1, 0.15) is 11.6 Å². The van der Waals surface area contributed by atoms with Crippen molar-refractivity contribution in [1.82, 2.24) is 0 Å². The first-order chi connectivity index (χ1) is 8.77. The minimum atomic E-state index is -4.22. The second-order valence-electron chi connectivity index (χ2n) is 3.54. The molecule has 19 heavy (non-hydrogen) atoms. The smallest absolute Gasteiger partial charge is 0.459 e. The van der Waals surface area contributed by atoms with Crippen molar-refractivity contribution in [2.75, 3.05) is 6.61 Å². The van der Waals surface area contributed by atoms with Crippen molar-refractivity contribution in [2.45, 2.75) is 20.0 Å². The van der Waals surface area contributed by atoms with E-state index in [1.54, 1.807) is 0 Å². The van der Waals surface area contributed by atoms with Gasteiger partial charge in [0.2, 0.25) is 0 Å². The molecule has 0 saturated heterocycles. The largest absolute Gasteiger partial charge is 0.502 e. The fraction of sp³-hybridized carbons (Fsp3) is 0.333. The number of hydrogen-bond acceptors (Lipinski definition) is 4. The predicted molar refractivity (Wildman–Crippen MR) is 58.6 cm³/mol. The molecule has 1 aromatic carbocycles. The summed E-state index contributed by atoms with van der Waals surface area (Å²) in [5, 5.41) is 0. The lowest BCUT2D eigenvalue weighted by Gasteiger charge is -2.16. The third-order valence-electron chi connectivity index (χ3n) is 2.08. The quantitative estimate of drug-likeness (QED) is 0.612. The molecule has 0 unspecified atom stereocenters. The minimum absolute atomic E-state index is 0.241. The first kappa shape index (κ1) is 15.0. The van der Waals surface area contributed by atoms with Gasteiger partial charge >= 0.3 is 12.1 Å². The van der Waals surface area contributed by atoms with Crippen LogP contribution in [0, 0.1) is 5.82 Å². The lowest BCUT2D eigenvalue weighted by atomic mass is 10.1. The highest BCUT2D eigenvalue weighted by Gasteiger charge is 2.44. The first-order valence-corrected chi connectivity index (χ1v) is 5.32. The van der Waals surface area contributed by atoms with Gasteiger partial charge in [-0.1, -0.05) is 0 Å². The van der Waals surface area contributed by atoms with Crippen LogP contribution in [0.1, 0.15) is 24.2 Å². The molecule has 0 saturated carbocycles. The second-order valence-corrected chi connectivity index (χ2v) is 3.54. The summed E-state index contributed by atoms with van der Waals surface area (Å²) in [6.45, 7) is 2.25. The van der Waals surface area contributed by atoms with Crippen LogP contribution in [-0.4, -0.2) is 24.5 Å². The van der Waals surface area contributed by atoms with Crippen molar-refractivity contribution in [1.29, 1.82) is 0 Å². The Kier molecular flexibility index (Phi) is 4.52. The molecule has 0 amide bonds. The number of Topliss-reactive ketones (excluding diaryl/α,β-unsaturated/α-hetero) is 1. The molecule has 4 nitrogen and oxygen atoms in total. The van der Waals surface area contributed by atoms with Crippen molar-refractivity contribution >= 4 is 11.8 Å². The highest BCUT2D eigenvalue weighted by molar-refractivity contribution is 5.94. The second kappa shape index (κ2) is 5.73. The molecule has 7 heteroatoms. The number of ketones is 1. The summed E-state index contributed by atoms with van der Waals surface area (Å²) in [6, 6.07) is 2.56. The predicted octanol–water partition coefficient (Wildman–Crippen LogP) is 2.56. The van der Waals surface area contributed by atoms with Gasteiger partial charge in [-0.15, -0.1) is 0 Å². The lowest BCUT2D eigenvalue weighted by Crippen LogP contribution is -2.36. The maximum atomic E-state index is 13.4. The molecule has 0 aliphatic rings. The fourth-order valence-corrected chi connectivity index (χ4v) is 1.25. The van der Waals surface area contributed by atoms with Crippen LogP contribution in [0.4, 0.5) is 13.2 Å². The molecule has 1 rings (SSSR count). The highest BCUT2D eigenvalue weighted by atomic mass is 19.3. The Bertz CT molecular complexity index is 500. The van der Waals surface area contributed by atoms with E-state index < -0.39 is 29.4 Å². The Hall–Kier alpha value is -2.05. The molecule has 0 bridgehead atoms. The number of halogens is 3. The van der Waals surface area contributed by atoms with E-state index in [2.05, 4.69) is 9.47 Å². The Morgan fingerprint density at radius 1 is 1.32 bits per heavy atom. The molecule has 0 radical (unpaired) electrons. The molecule has 0 aliphatic carbocycles. The first-order valence-electron chi connectivity index (χ1n) is 5.32. The van der Waals surface area contributed by atoms with E-state index in [1.807, 2.05) is 0 Å². The number of hydrogen-bond donors (Lipinski definition) is 0. The third kappa shape index (κ3) is 3.70. The number of esters is 1. The van der Waals surface area contributed by atoms with Crippen LogP contribution in [0.15, 0.2) is 18.2 Å². The third-order valence-corrected chi connectivity index (χ3v) is 2.08. The van der Waals surface area contributed by atoms with E-state index >= 15 is 0 Å². The van der Waals surface area contributed by atoms with Crippen LogP contribution in [0.25, 0.3) is 0 Å². The molecule has 0 atom stereocenters. The summed E-state index contributed by atoms with van der Waals surface area (Å²) in [5.74, 6) is -4.02. The van der Waals surface area contributed by atoms with Crippen LogP contribution >= 0.6 is 0 Å². The van der Waals surface area contributed by atoms with Crippen molar-refractivity contribution < 1.29 is 32.2 Å². The average Bonchev–Trinajstić information content (AvgIpc) is 2.28. The van der Waals surface area contributed by atoms with Gasteiger partial charge in [0, 0.05) is 6.07 Å². The molecular formula is C12H11F3O4. The van der Waals surface area contributed by atoms with E-state index in [0.29, 0.717) is 6.07 Å². The van der Waals surface area contributed by atoms with Crippen LogP contribution in [-0.2, 0) is 9.53 Å². The average molecular weight is 276 g/mol. The maximum absolute atomic E-state index is 13.4. The molecule has 1 aromatic rings. The zero-order valence-electron chi connectivity index (χ0n) is 10.2. The van der Waals surface area contributed by atoms with Gasteiger partial charge in [-0.2, -0.15) is 8.78 Å². The van der Waals surface area contributed by atoms with Gasteiger partial charge in [0.15, 0.2) is 5.78 Å². The molecule has 0 spiro atoms. The number of carbonyl (C=O) groups excluding carboxylic acids is 2. The van der Waals surface area contributed by atoms with Crippen molar-refractivity contribution in [3.8, 4) is 5.75 Å². The summed E-state index contributed by atoms with van der Waals surface area (Å²) in [7, 11) is 0. The van der Waals surface area contributed by atoms with Crippen LogP contribution in [0.2, 0.25) is 0 Å². The number of ether oxygens (including phenoxy) is 2. The van der Waals surface area contributed by atoms with E-state index in [9.17, 15) is 22.8 Å². The van der Waals surface area contributed by atoms with Gasteiger partial charge in [0.25, 0.3) is 0 Å². The summed E-state index contributed by atoms with van der Waals surface area (Å²) < 4.78 is 47.9. The fourth-order valence-electron chi connectivity index (χ4n) is 1.25. The number of carbonyl (C=O) groups is 2. The van der Waals surface area contributed by atoms with Crippen molar-refractivity contribution in [3.63, 3.8) is 0 Å². The number of rotatable bonds is 5. The molecule has 104 valence electrons. The van der Waals surface area contributed by atoms with E-state index in [0.717, 1.165) is 19.1 Å². The monoisotopic (exact) mass is 276 g/mol. The molecule has 0 heterocycles. The lowest BCUT2D eigenvalue weighted by molar-refractivity contribution is -0.216. The molecular weight excluding hydrogens is 265 g/mol. The minimum Gasteiger partial charge on any atom is -0.459 e. The summed E-state index contributed by atoms with van der Waals surface area (Å²) in [4.78, 5) is 21.8. The number of alkyl halides is 2. The topological polar surface area (TPSA) is 52.6 Å². The maximum Gasteiger partial charge on any atom is 0.502 e. The Morgan fingerprint density at radius 2 is 1.95 bits per heavy atom.